The second kappa shape index (κ2) is 13.7. The molecule has 39 heavy (non-hydrogen) atoms. The molecule has 0 radical (unpaired) electrons. The van der Waals surface area contributed by atoms with Crippen molar-refractivity contribution < 1.29 is 4.79 Å². The van der Waals surface area contributed by atoms with Crippen LogP contribution in [0.4, 0.5) is 0 Å². The van der Waals surface area contributed by atoms with Crippen molar-refractivity contribution in [1.82, 2.24) is 30.5 Å². The number of benzene rings is 1. The number of hydrazine groups is 1. The highest BCUT2D eigenvalue weighted by atomic mass is 32.2. The zero-order valence-electron chi connectivity index (χ0n) is 25.6. The van der Waals surface area contributed by atoms with Gasteiger partial charge in [-0.25, -0.2) is 5.01 Å². The summed E-state index contributed by atoms with van der Waals surface area (Å²) in [6.45, 7) is 14.9. The van der Waals surface area contributed by atoms with E-state index in [4.69, 9.17) is 0 Å². The molecular weight excluding hydrogens is 504 g/mol. The number of likely N-dealkylation sites (N-methyl/N-ethyl adjacent to an activating group) is 2. The fourth-order valence-corrected chi connectivity index (χ4v) is 8.75. The van der Waals surface area contributed by atoms with Crippen LogP contribution in [-0.2, 0) is 11.3 Å². The molecule has 1 aromatic carbocycles. The highest BCUT2D eigenvalue weighted by molar-refractivity contribution is 7.99. The van der Waals surface area contributed by atoms with E-state index in [0.29, 0.717) is 17.9 Å². The van der Waals surface area contributed by atoms with E-state index in [0.717, 1.165) is 70.0 Å². The zero-order valence-corrected chi connectivity index (χ0v) is 26.4. The molecule has 3 aliphatic rings. The molecule has 4 rings (SSSR count). The summed E-state index contributed by atoms with van der Waals surface area (Å²) in [6, 6.07) is 9.74. The highest BCUT2D eigenvalue weighted by Gasteiger charge is 2.63. The smallest absolute Gasteiger partial charge is 0.226 e. The van der Waals surface area contributed by atoms with Crippen molar-refractivity contribution >= 4 is 17.7 Å². The molecule has 0 bridgehead atoms. The summed E-state index contributed by atoms with van der Waals surface area (Å²) in [5, 5.41) is 5.80. The number of amides is 1. The van der Waals surface area contributed by atoms with Crippen molar-refractivity contribution in [3.8, 4) is 0 Å². The largest absolute Gasteiger partial charge is 0.341 e. The van der Waals surface area contributed by atoms with Crippen LogP contribution < -0.4 is 10.7 Å². The first kappa shape index (κ1) is 30.8. The van der Waals surface area contributed by atoms with Gasteiger partial charge in [0.1, 0.15) is 0 Å². The molecule has 4 atom stereocenters. The van der Waals surface area contributed by atoms with E-state index in [9.17, 15) is 4.79 Å². The monoisotopic (exact) mass is 558 g/mol. The Kier molecular flexibility index (Phi) is 10.8. The summed E-state index contributed by atoms with van der Waals surface area (Å²) in [5.74, 6) is 3.27. The first-order valence-corrected chi connectivity index (χ1v) is 16.5. The maximum atomic E-state index is 14.3. The van der Waals surface area contributed by atoms with E-state index in [-0.39, 0.29) is 23.5 Å². The van der Waals surface area contributed by atoms with Crippen LogP contribution in [0.1, 0.15) is 64.1 Å². The summed E-state index contributed by atoms with van der Waals surface area (Å²) in [5.41, 5.74) is 6.33. The Morgan fingerprint density at radius 3 is 2.59 bits per heavy atom. The lowest BCUT2D eigenvalue weighted by Crippen LogP contribution is -2.71. The van der Waals surface area contributed by atoms with Gasteiger partial charge >= 0.3 is 0 Å². The van der Waals surface area contributed by atoms with Crippen LogP contribution in [0.15, 0.2) is 24.3 Å². The van der Waals surface area contributed by atoms with Crippen LogP contribution in [-0.4, -0.2) is 103 Å². The second-order valence-electron chi connectivity index (χ2n) is 12.2. The quantitative estimate of drug-likeness (QED) is 0.428. The molecule has 3 saturated heterocycles. The molecule has 0 aliphatic carbocycles. The molecule has 2 N–H and O–H groups in total. The number of likely N-dealkylation sites (tertiary alicyclic amines) is 1. The summed E-state index contributed by atoms with van der Waals surface area (Å²) >= 11 is 1.98. The van der Waals surface area contributed by atoms with Gasteiger partial charge in [0.2, 0.25) is 5.91 Å². The zero-order chi connectivity index (χ0) is 28.2. The Hall–Kier alpha value is -1.16. The predicted octanol–water partition coefficient (Wildman–Crippen LogP) is 3.88. The lowest BCUT2D eigenvalue weighted by atomic mass is 9.65. The Bertz CT molecular complexity index is 935. The standard InChI is InChI=1S/C31H54N6OS/c1-8-26(9-2)31-28(21-33-37(31)23(3)4)27(30(38)36-15-17-39-18-16-36)20-29(35(31)7)25-12-10-11-24(19-25)22-34(6)14-13-32-5/h10-12,19,23,26-29,32-33H,8-9,13-18,20-22H2,1-7H3. The van der Waals surface area contributed by atoms with E-state index in [1.165, 1.54) is 11.1 Å². The molecule has 0 aromatic heterocycles. The molecule has 0 saturated carbocycles. The van der Waals surface area contributed by atoms with E-state index < -0.39 is 0 Å². The number of carbonyl (C=O) groups is 1. The van der Waals surface area contributed by atoms with Gasteiger partial charge < -0.3 is 15.1 Å². The molecule has 0 spiro atoms. The van der Waals surface area contributed by atoms with Gasteiger partial charge in [0.05, 0.1) is 5.66 Å². The van der Waals surface area contributed by atoms with Gasteiger partial charge in [0.25, 0.3) is 0 Å². The van der Waals surface area contributed by atoms with Gasteiger partial charge in [-0.2, -0.15) is 11.8 Å². The van der Waals surface area contributed by atoms with Crippen molar-refractivity contribution in [3.05, 3.63) is 35.4 Å². The van der Waals surface area contributed by atoms with Gasteiger partial charge in [-0.15, -0.1) is 0 Å². The maximum absolute atomic E-state index is 14.3. The molecule has 1 aromatic rings. The molecule has 7 nitrogen and oxygen atoms in total. The van der Waals surface area contributed by atoms with Crippen LogP contribution in [0.2, 0.25) is 0 Å². The number of hydrogen-bond acceptors (Lipinski definition) is 7. The predicted molar refractivity (Wildman–Crippen MR) is 164 cm³/mol. The second-order valence-corrected chi connectivity index (χ2v) is 13.4. The van der Waals surface area contributed by atoms with Crippen molar-refractivity contribution in [3.63, 3.8) is 0 Å². The van der Waals surface area contributed by atoms with Gasteiger partial charge in [-0.05, 0) is 58.5 Å². The van der Waals surface area contributed by atoms with Crippen molar-refractivity contribution in [2.24, 2.45) is 17.8 Å². The number of piperidine rings is 1. The van der Waals surface area contributed by atoms with Crippen LogP contribution in [0, 0.1) is 17.8 Å². The van der Waals surface area contributed by atoms with Crippen LogP contribution in [0.3, 0.4) is 0 Å². The molecule has 3 aliphatic heterocycles. The Labute approximate surface area is 242 Å². The van der Waals surface area contributed by atoms with Gasteiger partial charge in [-0.1, -0.05) is 51.0 Å². The molecule has 3 fully saturated rings. The number of rotatable bonds is 11. The fraction of sp³-hybridized carbons (Fsp3) is 0.774. The third-order valence-electron chi connectivity index (χ3n) is 9.68. The van der Waals surface area contributed by atoms with Crippen LogP contribution in [0.25, 0.3) is 0 Å². The lowest BCUT2D eigenvalue weighted by Gasteiger charge is -2.60. The van der Waals surface area contributed by atoms with Gasteiger partial charge in [0, 0.05) is 74.7 Å². The third kappa shape index (κ3) is 6.07. The van der Waals surface area contributed by atoms with Gasteiger partial charge in [-0.3, -0.25) is 15.1 Å². The SMILES string of the molecule is CCC(CC)C12C(CNN1C(C)C)C(C(=O)N1CCSCC1)CC(c1cccc(CN(C)CCNC)c1)N2C. The summed E-state index contributed by atoms with van der Waals surface area (Å²) in [6.07, 6.45) is 3.09. The number of nitrogens with one attached hydrogen (secondary N) is 2. The average Bonchev–Trinajstić information content (AvgIpc) is 3.35. The molecular formula is C31H54N6OS. The Morgan fingerprint density at radius 2 is 1.95 bits per heavy atom. The first-order chi connectivity index (χ1) is 18.8. The number of thioether (sulfide) groups is 1. The van der Waals surface area contributed by atoms with E-state index in [1.807, 2.05) is 18.8 Å². The van der Waals surface area contributed by atoms with Crippen LogP contribution >= 0.6 is 11.8 Å². The van der Waals surface area contributed by atoms with Crippen LogP contribution in [0.5, 0.6) is 0 Å². The summed E-state index contributed by atoms with van der Waals surface area (Å²) in [7, 11) is 6.55. The molecule has 220 valence electrons. The molecule has 4 unspecified atom stereocenters. The lowest BCUT2D eigenvalue weighted by molar-refractivity contribution is -0.184. The molecule has 8 heteroatoms. The number of fused-ring (bicyclic) bond motifs is 1. The number of nitrogens with zero attached hydrogens (tertiary/aromatic N) is 4. The number of hydrogen-bond donors (Lipinski definition) is 2. The summed E-state index contributed by atoms with van der Waals surface area (Å²) < 4.78 is 0. The van der Waals surface area contributed by atoms with Crippen molar-refractivity contribution in [2.75, 3.05) is 65.4 Å². The van der Waals surface area contributed by atoms with Gasteiger partial charge in [0.15, 0.2) is 0 Å². The van der Waals surface area contributed by atoms with E-state index in [2.05, 4.69) is 96.5 Å². The summed E-state index contributed by atoms with van der Waals surface area (Å²) in [4.78, 5) is 21.6. The fourth-order valence-electron chi connectivity index (χ4n) is 7.85. The first-order valence-electron chi connectivity index (χ1n) is 15.3. The molecule has 1 amide bonds. The normalized spacial score (nSPS) is 28.6. The Morgan fingerprint density at radius 1 is 1.23 bits per heavy atom. The van der Waals surface area contributed by atoms with Crippen molar-refractivity contribution in [1.29, 1.82) is 0 Å². The Balaban J connectivity index is 1.76. The topological polar surface area (TPSA) is 54.1 Å². The third-order valence-corrected chi connectivity index (χ3v) is 10.6. The maximum Gasteiger partial charge on any atom is 0.226 e. The van der Waals surface area contributed by atoms with E-state index >= 15 is 0 Å². The molecule has 3 heterocycles. The van der Waals surface area contributed by atoms with Crippen molar-refractivity contribution in [2.45, 2.75) is 71.2 Å². The average molecular weight is 559 g/mol. The highest BCUT2D eigenvalue weighted by Crippen LogP contribution is 2.55. The van der Waals surface area contributed by atoms with E-state index in [1.54, 1.807) is 0 Å². The number of carbonyl (C=O) groups excluding carboxylic acids is 1. The minimum atomic E-state index is -0.203. The minimum absolute atomic E-state index is 0.0214. The minimum Gasteiger partial charge on any atom is -0.341 e.